The molecule has 1 fully saturated rings. The van der Waals surface area contributed by atoms with Gasteiger partial charge in [0.1, 0.15) is 11.5 Å². The number of aryl methyl sites for hydroxylation is 1. The quantitative estimate of drug-likeness (QED) is 0.688. The minimum atomic E-state index is -0.0905. The number of amides is 1. The number of methoxy groups -OCH3 is 2. The number of piperidine rings is 1. The number of ether oxygens (including phenoxy) is 2. The van der Waals surface area contributed by atoms with Gasteiger partial charge in [-0.25, -0.2) is 0 Å². The van der Waals surface area contributed by atoms with Gasteiger partial charge < -0.3 is 14.4 Å². The van der Waals surface area contributed by atoms with Crippen molar-refractivity contribution < 1.29 is 14.3 Å². The largest absolute Gasteiger partial charge is 0.497 e. The van der Waals surface area contributed by atoms with Crippen LogP contribution in [0, 0.1) is 6.92 Å². The summed E-state index contributed by atoms with van der Waals surface area (Å²) in [6.07, 6.45) is 8.35. The van der Waals surface area contributed by atoms with E-state index in [4.69, 9.17) is 9.47 Å². The van der Waals surface area contributed by atoms with E-state index in [9.17, 15) is 4.79 Å². The van der Waals surface area contributed by atoms with Crippen molar-refractivity contribution >= 4 is 5.91 Å². The normalized spacial score (nSPS) is 16.4. The summed E-state index contributed by atoms with van der Waals surface area (Å²) < 4.78 is 10.8. The Labute approximate surface area is 176 Å². The van der Waals surface area contributed by atoms with Crippen molar-refractivity contribution in [2.24, 2.45) is 0 Å². The first-order valence-corrected chi connectivity index (χ1v) is 10.1. The summed E-state index contributed by atoms with van der Waals surface area (Å²) in [5, 5.41) is 7.48. The topological polar surface area (TPSA) is 80.3 Å². The lowest BCUT2D eigenvalue weighted by molar-refractivity contribution is 0.0603. The maximum atomic E-state index is 13.6. The number of rotatable bonds is 5. The number of nitrogens with one attached hydrogen (secondary N) is 1. The molecule has 2 aromatic heterocycles. The highest BCUT2D eigenvalue weighted by molar-refractivity contribution is 5.97. The highest BCUT2D eigenvalue weighted by Gasteiger charge is 2.33. The van der Waals surface area contributed by atoms with Gasteiger partial charge in [0.05, 0.1) is 37.7 Å². The van der Waals surface area contributed by atoms with Gasteiger partial charge in [0.25, 0.3) is 5.91 Å². The summed E-state index contributed by atoms with van der Waals surface area (Å²) in [7, 11) is 3.17. The lowest BCUT2D eigenvalue weighted by Gasteiger charge is -2.36. The van der Waals surface area contributed by atoms with Crippen molar-refractivity contribution in [3.63, 3.8) is 0 Å². The van der Waals surface area contributed by atoms with Crippen LogP contribution < -0.4 is 9.47 Å². The highest BCUT2D eigenvalue weighted by Crippen LogP contribution is 2.38. The lowest BCUT2D eigenvalue weighted by Crippen LogP contribution is -2.39. The molecule has 30 heavy (non-hydrogen) atoms. The predicted molar refractivity (Wildman–Crippen MR) is 114 cm³/mol. The standard InChI is InChI=1S/C23H26N4O3/c1-15-13-24-10-9-17(15)19-14-25-26-22(19)20-6-4-5-11-27(20)23(28)18-12-16(29-2)7-8-21(18)30-3/h7-10,12-14,20H,4-6,11H2,1-3H3,(H,25,26)/t20-/m1/s1. The third kappa shape index (κ3) is 3.63. The summed E-state index contributed by atoms with van der Waals surface area (Å²) in [6.45, 7) is 2.71. The summed E-state index contributed by atoms with van der Waals surface area (Å²) >= 11 is 0. The smallest absolute Gasteiger partial charge is 0.258 e. The molecule has 1 atom stereocenters. The van der Waals surface area contributed by atoms with E-state index >= 15 is 0 Å². The zero-order valence-corrected chi connectivity index (χ0v) is 17.5. The number of aromatic amines is 1. The third-order valence-electron chi connectivity index (χ3n) is 5.71. The first kappa shape index (κ1) is 19.9. The van der Waals surface area contributed by atoms with Crippen molar-refractivity contribution in [2.45, 2.75) is 32.2 Å². The van der Waals surface area contributed by atoms with E-state index < -0.39 is 0 Å². The van der Waals surface area contributed by atoms with Gasteiger partial charge >= 0.3 is 0 Å². The Bertz CT molecular complexity index is 1050. The molecule has 7 nitrogen and oxygen atoms in total. The number of H-pyrrole nitrogens is 1. The zero-order chi connectivity index (χ0) is 21.1. The van der Waals surface area contributed by atoms with Crippen LogP contribution in [0.3, 0.4) is 0 Å². The van der Waals surface area contributed by atoms with Crippen LogP contribution >= 0.6 is 0 Å². The number of benzene rings is 1. The maximum absolute atomic E-state index is 13.6. The molecule has 0 unspecified atom stereocenters. The van der Waals surface area contributed by atoms with Crippen molar-refractivity contribution in [1.82, 2.24) is 20.1 Å². The van der Waals surface area contributed by atoms with Gasteiger partial charge in [0.2, 0.25) is 0 Å². The molecule has 0 radical (unpaired) electrons. The monoisotopic (exact) mass is 406 g/mol. The Morgan fingerprint density at radius 2 is 2.00 bits per heavy atom. The maximum Gasteiger partial charge on any atom is 0.258 e. The number of carbonyl (C=O) groups is 1. The van der Waals surface area contributed by atoms with E-state index in [0.717, 1.165) is 41.6 Å². The van der Waals surface area contributed by atoms with Gasteiger partial charge in [-0.3, -0.25) is 14.9 Å². The summed E-state index contributed by atoms with van der Waals surface area (Å²) in [5.41, 5.74) is 4.62. The molecule has 1 amide bonds. The average Bonchev–Trinajstić information content (AvgIpc) is 3.28. The molecule has 0 bridgehead atoms. The molecular formula is C23H26N4O3. The van der Waals surface area contributed by atoms with Crippen molar-refractivity contribution in [1.29, 1.82) is 0 Å². The first-order valence-electron chi connectivity index (χ1n) is 10.1. The van der Waals surface area contributed by atoms with Crippen LogP contribution in [0.1, 0.15) is 46.9 Å². The number of likely N-dealkylation sites (tertiary alicyclic amines) is 1. The number of carbonyl (C=O) groups excluding carboxylic acids is 1. The second-order valence-corrected chi connectivity index (χ2v) is 7.46. The molecule has 1 N–H and O–H groups in total. The van der Waals surface area contributed by atoms with E-state index in [1.54, 1.807) is 38.6 Å². The Balaban J connectivity index is 1.73. The van der Waals surface area contributed by atoms with E-state index in [-0.39, 0.29) is 11.9 Å². The Morgan fingerprint density at radius 3 is 2.77 bits per heavy atom. The molecule has 156 valence electrons. The van der Waals surface area contributed by atoms with E-state index in [0.29, 0.717) is 23.6 Å². The lowest BCUT2D eigenvalue weighted by atomic mass is 9.93. The Hall–Kier alpha value is -3.35. The molecule has 1 aliphatic heterocycles. The molecular weight excluding hydrogens is 380 g/mol. The predicted octanol–water partition coefficient (Wildman–Crippen LogP) is 4.16. The van der Waals surface area contributed by atoms with Crippen LogP contribution in [0.4, 0.5) is 0 Å². The van der Waals surface area contributed by atoms with Gasteiger partial charge in [-0.15, -0.1) is 0 Å². The number of pyridine rings is 1. The van der Waals surface area contributed by atoms with E-state index in [1.807, 2.05) is 30.3 Å². The number of aromatic nitrogens is 3. The van der Waals surface area contributed by atoms with Gasteiger partial charge in [-0.2, -0.15) is 5.10 Å². The third-order valence-corrected chi connectivity index (χ3v) is 5.71. The summed E-state index contributed by atoms with van der Waals surface area (Å²) in [5.74, 6) is 1.10. The molecule has 3 heterocycles. The van der Waals surface area contributed by atoms with Crippen molar-refractivity contribution in [3.8, 4) is 22.6 Å². The van der Waals surface area contributed by atoms with Crippen LogP contribution in [0.25, 0.3) is 11.1 Å². The van der Waals surface area contributed by atoms with Crippen molar-refractivity contribution in [3.05, 3.63) is 59.7 Å². The highest BCUT2D eigenvalue weighted by atomic mass is 16.5. The molecule has 1 saturated heterocycles. The molecule has 7 heteroatoms. The Kier molecular flexibility index (Phi) is 5.70. The van der Waals surface area contributed by atoms with Gasteiger partial charge in [-0.05, 0) is 61.6 Å². The molecule has 0 spiro atoms. The molecule has 0 aliphatic carbocycles. The van der Waals surface area contributed by atoms with Gasteiger partial charge in [-0.1, -0.05) is 0 Å². The second-order valence-electron chi connectivity index (χ2n) is 7.46. The number of nitrogens with zero attached hydrogens (tertiary/aromatic N) is 3. The van der Waals surface area contributed by atoms with Gasteiger partial charge in [0, 0.05) is 24.5 Å². The SMILES string of the molecule is COc1ccc(OC)c(C(=O)N2CCCC[C@@H]2c2[nH]ncc2-c2ccncc2C)c1. The first-order chi connectivity index (χ1) is 14.6. The molecule has 0 saturated carbocycles. The van der Waals surface area contributed by atoms with Crippen LogP contribution in [0.5, 0.6) is 11.5 Å². The molecule has 4 rings (SSSR count). The fourth-order valence-corrected chi connectivity index (χ4v) is 4.15. The minimum absolute atomic E-state index is 0.0672. The molecule has 1 aromatic carbocycles. The fourth-order valence-electron chi connectivity index (χ4n) is 4.15. The number of hydrogen-bond acceptors (Lipinski definition) is 5. The molecule has 3 aromatic rings. The van der Waals surface area contributed by atoms with Crippen LogP contribution in [0.2, 0.25) is 0 Å². The summed E-state index contributed by atoms with van der Waals surface area (Å²) in [6, 6.07) is 7.21. The van der Waals surface area contributed by atoms with Gasteiger partial charge in [0.15, 0.2) is 0 Å². The molecule has 1 aliphatic rings. The Morgan fingerprint density at radius 1 is 1.13 bits per heavy atom. The van der Waals surface area contributed by atoms with Crippen LogP contribution in [-0.2, 0) is 0 Å². The second kappa shape index (κ2) is 8.57. The zero-order valence-electron chi connectivity index (χ0n) is 17.5. The fraction of sp³-hybridized carbons (Fsp3) is 0.348. The van der Waals surface area contributed by atoms with Crippen LogP contribution in [-0.4, -0.2) is 46.8 Å². The summed E-state index contributed by atoms with van der Waals surface area (Å²) in [4.78, 5) is 19.7. The van der Waals surface area contributed by atoms with E-state index in [1.165, 1.54) is 0 Å². The number of hydrogen-bond donors (Lipinski definition) is 1. The van der Waals surface area contributed by atoms with Crippen molar-refractivity contribution in [2.75, 3.05) is 20.8 Å². The van der Waals surface area contributed by atoms with Crippen LogP contribution in [0.15, 0.2) is 42.9 Å². The van der Waals surface area contributed by atoms with E-state index in [2.05, 4.69) is 15.2 Å². The minimum Gasteiger partial charge on any atom is -0.497 e. The average molecular weight is 406 g/mol.